The fourth-order valence-corrected chi connectivity index (χ4v) is 2.88. The van der Waals surface area contributed by atoms with Crippen LogP contribution in [-0.4, -0.2) is 21.0 Å². The van der Waals surface area contributed by atoms with E-state index in [0.717, 1.165) is 15.4 Å². The number of carboxylic acids is 1. The number of aromatic carboxylic acids is 1. The highest BCUT2D eigenvalue weighted by Gasteiger charge is 2.26. The molecule has 0 aliphatic carbocycles. The standard InChI is InChI=1S/C16H16BrN3O3/c1-7(2)11(18)15-20-13(16(21)22)14(23-15)9-6-19-12-8(9)4-3-5-10(12)17/h3-7,11,19H,18H2,1-2H3,(H,21,22). The van der Waals surface area contributed by atoms with Gasteiger partial charge in [0.1, 0.15) is 0 Å². The number of para-hydroxylation sites is 1. The number of carbonyl (C=O) groups is 1. The van der Waals surface area contributed by atoms with Crippen LogP contribution >= 0.6 is 15.9 Å². The number of rotatable bonds is 4. The van der Waals surface area contributed by atoms with Crippen LogP contribution in [0.3, 0.4) is 0 Å². The molecule has 0 amide bonds. The maximum Gasteiger partial charge on any atom is 0.358 e. The Balaban J connectivity index is 2.21. The van der Waals surface area contributed by atoms with E-state index in [2.05, 4.69) is 25.9 Å². The minimum Gasteiger partial charge on any atom is -0.476 e. The van der Waals surface area contributed by atoms with Crippen LogP contribution in [0.25, 0.3) is 22.2 Å². The highest BCUT2D eigenvalue weighted by atomic mass is 79.9. The van der Waals surface area contributed by atoms with Crippen molar-refractivity contribution in [2.75, 3.05) is 0 Å². The molecule has 1 unspecified atom stereocenters. The quantitative estimate of drug-likeness (QED) is 0.638. The van der Waals surface area contributed by atoms with Crippen LogP contribution in [-0.2, 0) is 0 Å². The number of aromatic amines is 1. The molecule has 0 spiro atoms. The maximum atomic E-state index is 11.5. The Morgan fingerprint density at radius 1 is 1.43 bits per heavy atom. The number of halogens is 1. The summed E-state index contributed by atoms with van der Waals surface area (Å²) < 4.78 is 6.63. The Hall–Kier alpha value is -2.12. The molecule has 0 saturated carbocycles. The third-order valence-corrected chi connectivity index (χ3v) is 4.42. The first-order chi connectivity index (χ1) is 10.9. The second kappa shape index (κ2) is 5.82. The summed E-state index contributed by atoms with van der Waals surface area (Å²) in [5.41, 5.74) is 7.43. The van der Waals surface area contributed by atoms with Crippen molar-refractivity contribution >= 4 is 32.8 Å². The number of carboxylic acid groups (broad SMARTS) is 1. The molecule has 0 saturated heterocycles. The molecule has 4 N–H and O–H groups in total. The molecule has 0 radical (unpaired) electrons. The van der Waals surface area contributed by atoms with E-state index < -0.39 is 12.0 Å². The fraction of sp³-hybridized carbons (Fsp3) is 0.250. The molecule has 1 aromatic carbocycles. The van der Waals surface area contributed by atoms with Crippen LogP contribution in [0.1, 0.15) is 36.3 Å². The zero-order chi connectivity index (χ0) is 16.7. The molecule has 0 aliphatic heterocycles. The summed E-state index contributed by atoms with van der Waals surface area (Å²) in [5.74, 6) is -0.611. The normalized spacial score (nSPS) is 12.9. The van der Waals surface area contributed by atoms with Crippen LogP contribution < -0.4 is 5.73 Å². The molecule has 120 valence electrons. The van der Waals surface area contributed by atoms with E-state index in [1.54, 1.807) is 6.20 Å². The second-order valence-corrected chi connectivity index (χ2v) is 6.52. The zero-order valence-electron chi connectivity index (χ0n) is 12.6. The summed E-state index contributed by atoms with van der Waals surface area (Å²) in [5, 5.41) is 10.3. The van der Waals surface area contributed by atoms with Gasteiger partial charge in [0, 0.05) is 21.6 Å². The van der Waals surface area contributed by atoms with Crippen molar-refractivity contribution in [2.45, 2.75) is 19.9 Å². The molecule has 0 aliphatic rings. The number of benzene rings is 1. The Labute approximate surface area is 140 Å². The zero-order valence-corrected chi connectivity index (χ0v) is 14.2. The monoisotopic (exact) mass is 377 g/mol. The van der Waals surface area contributed by atoms with Gasteiger partial charge in [-0.05, 0) is 27.9 Å². The average molecular weight is 378 g/mol. The van der Waals surface area contributed by atoms with Gasteiger partial charge < -0.3 is 20.2 Å². The number of nitrogens with zero attached hydrogens (tertiary/aromatic N) is 1. The van der Waals surface area contributed by atoms with E-state index in [9.17, 15) is 9.90 Å². The van der Waals surface area contributed by atoms with Crippen molar-refractivity contribution in [1.29, 1.82) is 0 Å². The predicted molar refractivity (Wildman–Crippen MR) is 90.2 cm³/mol. The van der Waals surface area contributed by atoms with Gasteiger partial charge in [-0.25, -0.2) is 9.78 Å². The van der Waals surface area contributed by atoms with Crippen molar-refractivity contribution in [3.05, 3.63) is 40.5 Å². The molecule has 0 fully saturated rings. The van der Waals surface area contributed by atoms with Gasteiger partial charge in [-0.3, -0.25) is 0 Å². The van der Waals surface area contributed by atoms with Gasteiger partial charge in [-0.15, -0.1) is 0 Å². The highest BCUT2D eigenvalue weighted by Crippen LogP contribution is 2.35. The topological polar surface area (TPSA) is 105 Å². The lowest BCUT2D eigenvalue weighted by atomic mass is 10.1. The summed E-state index contributed by atoms with van der Waals surface area (Å²) >= 11 is 3.46. The van der Waals surface area contributed by atoms with E-state index in [1.807, 2.05) is 32.0 Å². The van der Waals surface area contributed by atoms with Crippen molar-refractivity contribution in [2.24, 2.45) is 11.7 Å². The lowest BCUT2D eigenvalue weighted by Crippen LogP contribution is -2.17. The second-order valence-electron chi connectivity index (χ2n) is 5.67. The number of H-pyrrole nitrogens is 1. The predicted octanol–water partition coefficient (Wildman–Crippen LogP) is 3.94. The molecule has 2 heterocycles. The number of aromatic nitrogens is 2. The lowest BCUT2D eigenvalue weighted by Gasteiger charge is -2.10. The molecule has 7 heteroatoms. The van der Waals surface area contributed by atoms with Crippen LogP contribution in [0.4, 0.5) is 0 Å². The Morgan fingerprint density at radius 3 is 2.83 bits per heavy atom. The van der Waals surface area contributed by atoms with Gasteiger partial charge >= 0.3 is 5.97 Å². The molecular formula is C16H16BrN3O3. The number of hydrogen-bond acceptors (Lipinski definition) is 4. The first-order valence-corrected chi connectivity index (χ1v) is 7.95. The lowest BCUT2D eigenvalue weighted by molar-refractivity contribution is 0.0691. The van der Waals surface area contributed by atoms with Crippen LogP contribution in [0.5, 0.6) is 0 Å². The molecule has 1 atom stereocenters. The molecule has 23 heavy (non-hydrogen) atoms. The van der Waals surface area contributed by atoms with Gasteiger partial charge in [-0.2, -0.15) is 0 Å². The van der Waals surface area contributed by atoms with Crippen LogP contribution in [0, 0.1) is 5.92 Å². The first-order valence-electron chi connectivity index (χ1n) is 7.15. The first kappa shape index (κ1) is 15.8. The van der Waals surface area contributed by atoms with E-state index in [-0.39, 0.29) is 23.3 Å². The molecule has 3 aromatic rings. The highest BCUT2D eigenvalue weighted by molar-refractivity contribution is 9.10. The van der Waals surface area contributed by atoms with Crippen molar-refractivity contribution in [1.82, 2.24) is 9.97 Å². The van der Waals surface area contributed by atoms with E-state index >= 15 is 0 Å². The number of nitrogens with two attached hydrogens (primary N) is 1. The van der Waals surface area contributed by atoms with Crippen LogP contribution in [0.2, 0.25) is 0 Å². The van der Waals surface area contributed by atoms with E-state index in [4.69, 9.17) is 10.2 Å². The van der Waals surface area contributed by atoms with Crippen LogP contribution in [0.15, 0.2) is 33.3 Å². The number of oxazole rings is 1. The third kappa shape index (κ3) is 2.66. The van der Waals surface area contributed by atoms with Crippen molar-refractivity contribution < 1.29 is 14.3 Å². The molecule has 2 aromatic heterocycles. The Bertz CT molecular complexity index is 882. The molecule has 3 rings (SSSR count). The minimum atomic E-state index is -1.14. The summed E-state index contributed by atoms with van der Waals surface area (Å²) in [6.07, 6.45) is 1.72. The summed E-state index contributed by atoms with van der Waals surface area (Å²) in [6, 6.07) is 5.21. The Kier molecular flexibility index (Phi) is 3.99. The maximum absolute atomic E-state index is 11.5. The molecule has 0 bridgehead atoms. The van der Waals surface area contributed by atoms with Gasteiger partial charge in [0.25, 0.3) is 0 Å². The number of fused-ring (bicyclic) bond motifs is 1. The Morgan fingerprint density at radius 2 is 2.17 bits per heavy atom. The third-order valence-electron chi connectivity index (χ3n) is 3.76. The van der Waals surface area contributed by atoms with Gasteiger partial charge in [-0.1, -0.05) is 26.0 Å². The van der Waals surface area contributed by atoms with E-state index in [0.29, 0.717) is 5.56 Å². The summed E-state index contributed by atoms with van der Waals surface area (Å²) in [6.45, 7) is 3.86. The van der Waals surface area contributed by atoms with Crippen molar-refractivity contribution in [3.8, 4) is 11.3 Å². The van der Waals surface area contributed by atoms with Gasteiger partial charge in [0.05, 0.1) is 11.6 Å². The SMILES string of the molecule is CC(C)C(N)c1nc(C(=O)O)c(-c2c[nH]c3c(Br)cccc23)o1. The summed E-state index contributed by atoms with van der Waals surface area (Å²) in [7, 11) is 0. The largest absolute Gasteiger partial charge is 0.476 e. The van der Waals surface area contributed by atoms with E-state index in [1.165, 1.54) is 0 Å². The van der Waals surface area contributed by atoms with Crippen molar-refractivity contribution in [3.63, 3.8) is 0 Å². The average Bonchev–Trinajstić information content (AvgIpc) is 3.10. The smallest absolute Gasteiger partial charge is 0.358 e. The minimum absolute atomic E-state index is 0.0836. The van der Waals surface area contributed by atoms with Gasteiger partial charge in [0.2, 0.25) is 5.89 Å². The number of nitrogens with one attached hydrogen (secondary N) is 1. The van der Waals surface area contributed by atoms with Gasteiger partial charge in [0.15, 0.2) is 11.5 Å². The molecular weight excluding hydrogens is 362 g/mol. The summed E-state index contributed by atoms with van der Waals surface area (Å²) in [4.78, 5) is 18.8. The fourth-order valence-electron chi connectivity index (χ4n) is 2.40. The number of hydrogen-bond donors (Lipinski definition) is 3. The molecule has 6 nitrogen and oxygen atoms in total.